The Labute approximate surface area is 149 Å². The van der Waals surface area contributed by atoms with E-state index in [1.165, 1.54) is 0 Å². The summed E-state index contributed by atoms with van der Waals surface area (Å²) < 4.78 is 0. The quantitative estimate of drug-likeness (QED) is 0.200. The molecule has 0 heterocycles. The average molecular weight is 393 g/mol. The molecule has 0 radical (unpaired) electrons. The molecule has 0 atom stereocenters. The van der Waals surface area contributed by atoms with Crippen LogP contribution in [0.2, 0.25) is 0 Å². The number of thioether (sulfide) groups is 2. The predicted molar refractivity (Wildman–Crippen MR) is 107 cm³/mol. The maximum absolute atomic E-state index is 8.97. The van der Waals surface area contributed by atoms with Gasteiger partial charge in [-0.25, -0.2) is 0 Å². The average Bonchev–Trinajstić information content (AvgIpc) is 2.50. The van der Waals surface area contributed by atoms with Crippen molar-refractivity contribution in [2.45, 2.75) is 0 Å². The fraction of sp³-hybridized carbons (Fsp3) is 1.00. The van der Waals surface area contributed by atoms with Crippen molar-refractivity contribution in [3.05, 3.63) is 0 Å². The second kappa shape index (κ2) is 18.6. The Bertz CT molecular complexity index is 191. The zero-order valence-electron chi connectivity index (χ0n) is 13.3. The summed E-state index contributed by atoms with van der Waals surface area (Å²) in [7, 11) is 0.364. The van der Waals surface area contributed by atoms with Gasteiger partial charge in [0.15, 0.2) is 0 Å². The molecule has 0 aromatic rings. The molecule has 0 aliphatic rings. The minimum absolute atomic E-state index is 0.182. The van der Waals surface area contributed by atoms with E-state index in [0.29, 0.717) is 0 Å². The second-order valence-electron chi connectivity index (χ2n) is 4.57. The van der Waals surface area contributed by atoms with Crippen molar-refractivity contribution >= 4 is 45.3 Å². The zero-order chi connectivity index (χ0) is 16.5. The lowest BCUT2D eigenvalue weighted by Crippen LogP contribution is -2.22. The van der Waals surface area contributed by atoms with Gasteiger partial charge < -0.3 is 20.4 Å². The van der Waals surface area contributed by atoms with E-state index < -0.39 is 0 Å². The van der Waals surface area contributed by atoms with Crippen molar-refractivity contribution < 1.29 is 20.4 Å². The van der Waals surface area contributed by atoms with Gasteiger partial charge in [0.2, 0.25) is 0 Å². The summed E-state index contributed by atoms with van der Waals surface area (Å²) in [6.45, 7) is 0.918. The molecule has 0 amide bonds. The standard InChI is InChI=1S/C14H32O4S4/c15-1-9-21(10-2-16)13-7-19-5-6-20-8-14-22(11-3-17)12-4-18/h15-18H,1-14H2/q+2. The summed E-state index contributed by atoms with van der Waals surface area (Å²) in [5, 5.41) is 35.9. The van der Waals surface area contributed by atoms with E-state index in [9.17, 15) is 0 Å². The van der Waals surface area contributed by atoms with Crippen LogP contribution in [-0.4, -0.2) is 104 Å². The maximum Gasteiger partial charge on any atom is 0.131 e. The van der Waals surface area contributed by atoms with Gasteiger partial charge in [-0.3, -0.25) is 0 Å². The molecule has 0 fully saturated rings. The third kappa shape index (κ3) is 14.8. The van der Waals surface area contributed by atoms with Crippen LogP contribution in [0.25, 0.3) is 0 Å². The highest BCUT2D eigenvalue weighted by Crippen LogP contribution is 2.10. The normalized spacial score (nSPS) is 11.7. The largest absolute Gasteiger partial charge is 0.391 e. The lowest BCUT2D eigenvalue weighted by atomic mass is 10.9. The van der Waals surface area contributed by atoms with Gasteiger partial charge in [0.05, 0.1) is 26.4 Å². The summed E-state index contributed by atoms with van der Waals surface area (Å²) in [4.78, 5) is 0. The van der Waals surface area contributed by atoms with Crippen molar-refractivity contribution in [2.24, 2.45) is 0 Å². The molecule has 0 saturated heterocycles. The molecule has 0 unspecified atom stereocenters. The molecule has 22 heavy (non-hydrogen) atoms. The number of hydrogen-bond donors (Lipinski definition) is 4. The van der Waals surface area contributed by atoms with E-state index in [1.54, 1.807) is 0 Å². The first kappa shape index (κ1) is 23.2. The van der Waals surface area contributed by atoms with Gasteiger partial charge in [-0.1, -0.05) is 0 Å². The van der Waals surface area contributed by atoms with Gasteiger partial charge in [-0.15, -0.1) is 0 Å². The van der Waals surface area contributed by atoms with Gasteiger partial charge in [-0.05, 0) is 21.8 Å². The second-order valence-corrected chi connectivity index (χ2v) is 11.9. The molecule has 0 aliphatic heterocycles. The zero-order valence-corrected chi connectivity index (χ0v) is 16.6. The molecular formula is C14H32O4S4+2. The minimum atomic E-state index is 0.182. The smallest absolute Gasteiger partial charge is 0.131 e. The van der Waals surface area contributed by atoms with Crippen molar-refractivity contribution in [1.29, 1.82) is 0 Å². The van der Waals surface area contributed by atoms with Crippen LogP contribution < -0.4 is 0 Å². The highest BCUT2D eigenvalue weighted by atomic mass is 32.2. The predicted octanol–water partition coefficient (Wildman–Crippen LogP) is -0.341. The Balaban J connectivity index is 3.44. The van der Waals surface area contributed by atoms with Gasteiger partial charge in [0, 0.05) is 23.0 Å². The summed E-state index contributed by atoms with van der Waals surface area (Å²) in [5.41, 5.74) is 0. The lowest BCUT2D eigenvalue weighted by Gasteiger charge is -2.07. The lowest BCUT2D eigenvalue weighted by molar-refractivity contribution is 0.316. The molecular weight excluding hydrogens is 360 g/mol. The SMILES string of the molecule is OCC[S+](CCO)CCSCCSCC[S+](CCO)CCO. The van der Waals surface area contributed by atoms with Gasteiger partial charge in [0.25, 0.3) is 0 Å². The number of hydrogen-bond acceptors (Lipinski definition) is 6. The molecule has 8 heteroatoms. The molecule has 0 aromatic carbocycles. The van der Waals surface area contributed by atoms with E-state index in [-0.39, 0.29) is 48.2 Å². The molecule has 0 saturated carbocycles. The molecule has 0 spiro atoms. The van der Waals surface area contributed by atoms with Crippen molar-refractivity contribution in [3.8, 4) is 0 Å². The first-order valence-electron chi connectivity index (χ1n) is 7.65. The van der Waals surface area contributed by atoms with Crippen LogP contribution in [0.3, 0.4) is 0 Å². The highest BCUT2D eigenvalue weighted by molar-refractivity contribution is 8.04. The highest BCUT2D eigenvalue weighted by Gasteiger charge is 2.17. The Kier molecular flexibility index (Phi) is 19.6. The molecule has 4 N–H and O–H groups in total. The molecule has 0 aliphatic carbocycles. The number of rotatable bonds is 17. The van der Waals surface area contributed by atoms with E-state index >= 15 is 0 Å². The first-order chi connectivity index (χ1) is 10.8. The summed E-state index contributed by atoms with van der Waals surface area (Å²) in [6.07, 6.45) is 0. The van der Waals surface area contributed by atoms with E-state index in [1.807, 2.05) is 23.5 Å². The summed E-state index contributed by atoms with van der Waals surface area (Å²) in [6, 6.07) is 0. The maximum atomic E-state index is 8.97. The Hall–Kier alpha value is 1.24. The minimum Gasteiger partial charge on any atom is -0.391 e. The van der Waals surface area contributed by atoms with Crippen molar-refractivity contribution in [3.63, 3.8) is 0 Å². The van der Waals surface area contributed by atoms with Crippen LogP contribution in [0.1, 0.15) is 0 Å². The van der Waals surface area contributed by atoms with Crippen LogP contribution in [0.5, 0.6) is 0 Å². The number of aliphatic hydroxyl groups is 4. The third-order valence-electron chi connectivity index (χ3n) is 2.92. The van der Waals surface area contributed by atoms with Crippen molar-refractivity contribution in [2.75, 3.05) is 84.0 Å². The summed E-state index contributed by atoms with van der Waals surface area (Å²) in [5.74, 6) is 10.0. The van der Waals surface area contributed by atoms with Crippen LogP contribution in [0, 0.1) is 0 Å². The van der Waals surface area contributed by atoms with Gasteiger partial charge >= 0.3 is 0 Å². The number of aliphatic hydroxyl groups excluding tert-OH is 4. The Morgan fingerprint density at radius 1 is 0.455 bits per heavy atom. The first-order valence-corrected chi connectivity index (χ1v) is 13.4. The van der Waals surface area contributed by atoms with Gasteiger partial charge in [0.1, 0.15) is 34.5 Å². The van der Waals surface area contributed by atoms with E-state index in [0.717, 1.165) is 57.5 Å². The Morgan fingerprint density at radius 3 is 1.05 bits per heavy atom. The molecule has 0 aromatic heterocycles. The fourth-order valence-corrected chi connectivity index (χ4v) is 8.24. The molecule has 134 valence electrons. The molecule has 4 nitrogen and oxygen atoms in total. The topological polar surface area (TPSA) is 80.9 Å². The van der Waals surface area contributed by atoms with Crippen LogP contribution in [-0.2, 0) is 21.8 Å². The van der Waals surface area contributed by atoms with Gasteiger partial charge in [-0.2, -0.15) is 23.5 Å². The van der Waals surface area contributed by atoms with E-state index in [2.05, 4.69) is 0 Å². The van der Waals surface area contributed by atoms with Crippen LogP contribution in [0.15, 0.2) is 0 Å². The fourth-order valence-electron chi connectivity index (χ4n) is 1.80. The van der Waals surface area contributed by atoms with Crippen LogP contribution >= 0.6 is 23.5 Å². The molecule has 0 rings (SSSR count). The van der Waals surface area contributed by atoms with E-state index in [4.69, 9.17) is 20.4 Å². The van der Waals surface area contributed by atoms with Crippen LogP contribution in [0.4, 0.5) is 0 Å². The summed E-state index contributed by atoms with van der Waals surface area (Å²) >= 11 is 3.92. The third-order valence-corrected chi connectivity index (χ3v) is 10.3. The van der Waals surface area contributed by atoms with Crippen molar-refractivity contribution in [1.82, 2.24) is 0 Å². The Morgan fingerprint density at radius 2 is 0.773 bits per heavy atom. The molecule has 0 bridgehead atoms. The monoisotopic (exact) mass is 392 g/mol.